The molecule has 1 unspecified atom stereocenters. The fourth-order valence-electron chi connectivity index (χ4n) is 5.24. The standard InChI is InChI=1S/C29H35BrClN11O6/c1-27(2,3)47-24(43)35-29(23-36-38-39(7)37-23)8-9-40(13-29)19-11-16(31)10-18(30)17(19)12-41-15-34-20-21(41)32-14-33-22(20)42(25(44)45)26(46)48-28(4,5)6/h10-11,14-15H,8-9,12-13H2,1-7H3,(H,35,43)(H,44,45). The van der Waals surface area contributed by atoms with Crippen LogP contribution in [0.15, 0.2) is 29.3 Å². The average Bonchev–Trinajstić information content (AvgIpc) is 3.67. The second kappa shape index (κ2) is 12.8. The SMILES string of the molecule is Cn1nnc(C2(NC(=O)OC(C)(C)C)CCN(c3cc(Cl)cc(Br)c3Cn3cnc4c(N(C(=O)O)C(=O)OC(C)(C)C)ncnc43)C2)n1. The third kappa shape index (κ3) is 7.43. The van der Waals surface area contributed by atoms with Gasteiger partial charge in [-0.3, -0.25) is 0 Å². The van der Waals surface area contributed by atoms with E-state index < -0.39 is 35.0 Å². The Morgan fingerprint density at radius 3 is 2.44 bits per heavy atom. The van der Waals surface area contributed by atoms with E-state index >= 15 is 0 Å². The molecule has 19 heteroatoms. The number of imidazole rings is 1. The lowest BCUT2D eigenvalue weighted by atomic mass is 9.98. The Morgan fingerprint density at radius 1 is 1.10 bits per heavy atom. The maximum absolute atomic E-state index is 13.0. The van der Waals surface area contributed by atoms with Crippen LogP contribution in [0.1, 0.15) is 59.4 Å². The van der Waals surface area contributed by atoms with Gasteiger partial charge in [0.1, 0.15) is 23.1 Å². The van der Waals surface area contributed by atoms with Crippen molar-refractivity contribution in [3.8, 4) is 0 Å². The summed E-state index contributed by atoms with van der Waals surface area (Å²) in [4.78, 5) is 54.6. The molecule has 0 saturated carbocycles. The number of nitrogens with one attached hydrogen (secondary N) is 1. The summed E-state index contributed by atoms with van der Waals surface area (Å²) in [6, 6.07) is 3.56. The molecule has 2 N–H and O–H groups in total. The Bertz CT molecular complexity index is 1890. The number of rotatable bonds is 6. The van der Waals surface area contributed by atoms with Crippen LogP contribution in [0.3, 0.4) is 0 Å². The average molecular weight is 749 g/mol. The molecule has 1 aromatic carbocycles. The molecular weight excluding hydrogens is 714 g/mol. The number of benzene rings is 1. The molecule has 4 heterocycles. The molecule has 5 rings (SSSR count). The molecule has 0 spiro atoms. The number of hydrogen-bond donors (Lipinski definition) is 2. The number of amides is 3. The molecule has 256 valence electrons. The van der Waals surface area contributed by atoms with Crippen LogP contribution >= 0.6 is 27.5 Å². The van der Waals surface area contributed by atoms with E-state index in [4.69, 9.17) is 21.1 Å². The van der Waals surface area contributed by atoms with Gasteiger partial charge in [0, 0.05) is 33.8 Å². The molecular formula is C29H35BrClN11O6. The molecule has 48 heavy (non-hydrogen) atoms. The molecule has 3 amide bonds. The van der Waals surface area contributed by atoms with E-state index in [1.807, 2.05) is 11.0 Å². The molecule has 1 fully saturated rings. The number of tetrazole rings is 1. The highest BCUT2D eigenvalue weighted by molar-refractivity contribution is 9.10. The number of carbonyl (C=O) groups excluding carboxylic acids is 2. The fourth-order valence-corrected chi connectivity index (χ4v) is 6.16. The minimum absolute atomic E-state index is 0.0767. The van der Waals surface area contributed by atoms with Crippen molar-refractivity contribution in [3.63, 3.8) is 0 Å². The zero-order valence-electron chi connectivity index (χ0n) is 27.4. The summed E-state index contributed by atoms with van der Waals surface area (Å²) < 4.78 is 13.3. The number of aromatic nitrogens is 8. The van der Waals surface area contributed by atoms with Gasteiger partial charge in [0.05, 0.1) is 19.9 Å². The zero-order valence-corrected chi connectivity index (χ0v) is 29.7. The van der Waals surface area contributed by atoms with Crippen LogP contribution in [0.2, 0.25) is 5.02 Å². The first-order chi connectivity index (χ1) is 22.4. The first kappa shape index (κ1) is 34.7. The number of ether oxygens (including phenoxy) is 2. The summed E-state index contributed by atoms with van der Waals surface area (Å²) in [5.74, 6) is 0.0868. The number of imide groups is 1. The number of aryl methyl sites for hydroxylation is 1. The zero-order chi connectivity index (χ0) is 35.2. The Morgan fingerprint density at radius 2 is 1.81 bits per heavy atom. The van der Waals surface area contributed by atoms with E-state index in [1.54, 1.807) is 59.2 Å². The molecule has 1 aliphatic rings. The number of halogens is 2. The lowest BCUT2D eigenvalue weighted by Gasteiger charge is -2.30. The molecule has 4 aromatic rings. The van der Waals surface area contributed by atoms with E-state index in [0.29, 0.717) is 33.2 Å². The Balaban J connectivity index is 1.51. The van der Waals surface area contributed by atoms with Crippen molar-refractivity contribution in [2.45, 2.75) is 71.2 Å². The predicted molar refractivity (Wildman–Crippen MR) is 177 cm³/mol. The number of carboxylic acid groups (broad SMARTS) is 1. The molecule has 1 atom stereocenters. The molecule has 17 nitrogen and oxygen atoms in total. The predicted octanol–water partition coefficient (Wildman–Crippen LogP) is 4.86. The number of anilines is 2. The normalized spacial score (nSPS) is 16.6. The quantitative estimate of drug-likeness (QED) is 0.272. The molecule has 0 radical (unpaired) electrons. The van der Waals surface area contributed by atoms with Crippen LogP contribution < -0.4 is 15.1 Å². The maximum Gasteiger partial charge on any atom is 0.425 e. The number of alkyl carbamates (subject to hydrolysis) is 1. The Labute approximate surface area is 288 Å². The second-order valence-corrected chi connectivity index (χ2v) is 14.5. The van der Waals surface area contributed by atoms with Crippen molar-refractivity contribution in [2.24, 2.45) is 7.05 Å². The van der Waals surface area contributed by atoms with Crippen molar-refractivity contribution in [3.05, 3.63) is 45.7 Å². The third-order valence-electron chi connectivity index (χ3n) is 7.11. The monoisotopic (exact) mass is 747 g/mol. The van der Waals surface area contributed by atoms with E-state index in [1.165, 1.54) is 11.1 Å². The van der Waals surface area contributed by atoms with Gasteiger partial charge in [0.2, 0.25) is 5.82 Å². The van der Waals surface area contributed by atoms with Crippen LogP contribution in [-0.2, 0) is 28.6 Å². The van der Waals surface area contributed by atoms with Crippen molar-refractivity contribution < 1.29 is 29.0 Å². The summed E-state index contributed by atoms with van der Waals surface area (Å²) in [6.45, 7) is 11.1. The van der Waals surface area contributed by atoms with E-state index in [0.717, 1.165) is 17.6 Å². The Hall–Kier alpha value is -4.58. The summed E-state index contributed by atoms with van der Waals surface area (Å²) in [5.41, 5.74) is -0.845. The lowest BCUT2D eigenvalue weighted by Crippen LogP contribution is -2.50. The van der Waals surface area contributed by atoms with Crippen LogP contribution in [0.4, 0.5) is 25.9 Å². The van der Waals surface area contributed by atoms with Gasteiger partial charge in [-0.1, -0.05) is 27.5 Å². The van der Waals surface area contributed by atoms with Crippen LogP contribution in [0, 0.1) is 0 Å². The van der Waals surface area contributed by atoms with Gasteiger partial charge in [-0.15, -0.1) is 10.2 Å². The minimum Gasteiger partial charge on any atom is -0.464 e. The van der Waals surface area contributed by atoms with Crippen molar-refractivity contribution >= 4 is 68.5 Å². The number of hydrogen-bond acceptors (Lipinski definition) is 12. The van der Waals surface area contributed by atoms with Gasteiger partial charge >= 0.3 is 18.3 Å². The van der Waals surface area contributed by atoms with Crippen molar-refractivity contribution in [1.29, 1.82) is 0 Å². The number of fused-ring (bicyclic) bond motifs is 1. The largest absolute Gasteiger partial charge is 0.464 e. The van der Waals surface area contributed by atoms with E-state index in [9.17, 15) is 19.5 Å². The smallest absolute Gasteiger partial charge is 0.425 e. The molecule has 1 aliphatic heterocycles. The van der Waals surface area contributed by atoms with Gasteiger partial charge in [-0.2, -0.15) is 9.70 Å². The third-order valence-corrected chi connectivity index (χ3v) is 8.04. The lowest BCUT2D eigenvalue weighted by molar-refractivity contribution is 0.0455. The Kier molecular flexibility index (Phi) is 9.26. The fraction of sp³-hybridized carbons (Fsp3) is 0.483. The van der Waals surface area contributed by atoms with E-state index in [-0.39, 0.29) is 30.1 Å². The first-order valence-corrected chi connectivity index (χ1v) is 15.9. The first-order valence-electron chi connectivity index (χ1n) is 14.8. The summed E-state index contributed by atoms with van der Waals surface area (Å²) in [7, 11) is 1.64. The van der Waals surface area contributed by atoms with Crippen LogP contribution in [0.5, 0.6) is 0 Å². The summed E-state index contributed by atoms with van der Waals surface area (Å²) >= 11 is 10.2. The van der Waals surface area contributed by atoms with Gasteiger partial charge < -0.3 is 29.4 Å². The highest BCUT2D eigenvalue weighted by atomic mass is 79.9. The van der Waals surface area contributed by atoms with Crippen LogP contribution in [0.25, 0.3) is 11.2 Å². The van der Waals surface area contributed by atoms with Gasteiger partial charge in [-0.25, -0.2) is 29.3 Å². The van der Waals surface area contributed by atoms with Gasteiger partial charge in [0.15, 0.2) is 17.0 Å². The highest BCUT2D eigenvalue weighted by Crippen LogP contribution is 2.39. The second-order valence-electron chi connectivity index (χ2n) is 13.2. The minimum atomic E-state index is -1.59. The molecule has 3 aromatic heterocycles. The maximum atomic E-state index is 13.0. The van der Waals surface area contributed by atoms with Gasteiger partial charge in [-0.05, 0) is 65.3 Å². The van der Waals surface area contributed by atoms with Crippen molar-refractivity contribution in [2.75, 3.05) is 22.9 Å². The van der Waals surface area contributed by atoms with Crippen LogP contribution in [-0.4, -0.2) is 87.4 Å². The van der Waals surface area contributed by atoms with Crippen molar-refractivity contribution in [1.82, 2.24) is 45.0 Å². The highest BCUT2D eigenvalue weighted by Gasteiger charge is 2.46. The number of nitrogens with zero attached hydrogens (tertiary/aromatic N) is 10. The molecule has 0 bridgehead atoms. The molecule has 1 saturated heterocycles. The molecule has 0 aliphatic carbocycles. The van der Waals surface area contributed by atoms with E-state index in [2.05, 4.69) is 51.6 Å². The van der Waals surface area contributed by atoms with Gasteiger partial charge in [0.25, 0.3) is 0 Å². The summed E-state index contributed by atoms with van der Waals surface area (Å²) in [6.07, 6.45) is -0.267. The number of carbonyl (C=O) groups is 3. The topological polar surface area (TPSA) is 196 Å². The summed E-state index contributed by atoms with van der Waals surface area (Å²) in [5, 5.41) is 26.0.